The number of sulfonamides is 1. The Bertz CT molecular complexity index is 1680. The molecule has 12 nitrogen and oxygen atoms in total. The van der Waals surface area contributed by atoms with Gasteiger partial charge in [0.1, 0.15) is 5.00 Å². The van der Waals surface area contributed by atoms with Gasteiger partial charge in [0.25, 0.3) is 11.8 Å². The van der Waals surface area contributed by atoms with E-state index in [0.717, 1.165) is 29.6 Å². The number of alkyl carbamates (subject to hydrolysis) is 1. The van der Waals surface area contributed by atoms with Gasteiger partial charge in [0.15, 0.2) is 0 Å². The molecule has 226 valence electrons. The van der Waals surface area contributed by atoms with E-state index in [1.165, 1.54) is 33.5 Å². The quantitative estimate of drug-likeness (QED) is 0.420. The summed E-state index contributed by atoms with van der Waals surface area (Å²) < 4.78 is 37.7. The maximum Gasteiger partial charge on any atom is 0.413 e. The van der Waals surface area contributed by atoms with Crippen LogP contribution in [0.25, 0.3) is 0 Å². The molecule has 3 aromatic rings. The number of imide groups is 1. The highest BCUT2D eigenvalue weighted by Gasteiger charge is 2.32. The van der Waals surface area contributed by atoms with Crippen LogP contribution in [0.4, 0.5) is 14.6 Å². The number of amides is 4. The fraction of sp³-hybridized carbons (Fsp3) is 0.310. The number of nitrogens with zero attached hydrogens (tertiary/aromatic N) is 2. The molecule has 0 aliphatic carbocycles. The molecule has 0 spiro atoms. The molecule has 2 aliphatic rings. The number of fused-ring (bicyclic) bond motifs is 2. The summed E-state index contributed by atoms with van der Waals surface area (Å²) in [6.45, 7) is 3.00. The van der Waals surface area contributed by atoms with E-state index < -0.39 is 34.0 Å². The van der Waals surface area contributed by atoms with Crippen LogP contribution in [0.5, 0.6) is 0 Å². The first-order valence-electron chi connectivity index (χ1n) is 13.6. The molecule has 1 aromatic heterocycles. The molecule has 0 unspecified atom stereocenters. The van der Waals surface area contributed by atoms with Crippen molar-refractivity contribution in [3.63, 3.8) is 0 Å². The zero-order chi connectivity index (χ0) is 30.7. The lowest BCUT2D eigenvalue weighted by molar-refractivity contribution is 0.0936. The van der Waals surface area contributed by atoms with Crippen molar-refractivity contribution in [2.75, 3.05) is 32.1 Å². The maximum absolute atomic E-state index is 13.3. The number of methoxy groups -OCH3 is 1. The summed E-state index contributed by atoms with van der Waals surface area (Å²) in [5, 5.41) is 5.05. The standard InChI is InChI=1S/C29H30N4O8S2/c1-3-41-29(37)32-14-13-22-23(17-32)42-27(24(22)26(35)31-28(36)40-2)30-25(34)19-8-10-21(11-9-19)43(38,39)33-15-12-18-6-4-5-7-20(18)16-33/h4-11H,3,12-17H2,1-2H3,(H,30,34)(H,31,35,36). The lowest BCUT2D eigenvalue weighted by Crippen LogP contribution is -2.37. The number of rotatable bonds is 6. The predicted octanol–water partition coefficient (Wildman–Crippen LogP) is 3.76. The van der Waals surface area contributed by atoms with Gasteiger partial charge in [0, 0.05) is 30.1 Å². The van der Waals surface area contributed by atoms with Crippen LogP contribution in [0.1, 0.15) is 49.2 Å². The number of hydrogen-bond acceptors (Lipinski definition) is 9. The van der Waals surface area contributed by atoms with Crippen molar-refractivity contribution in [1.29, 1.82) is 0 Å². The summed E-state index contributed by atoms with van der Waals surface area (Å²) in [4.78, 5) is 52.6. The highest BCUT2D eigenvalue weighted by atomic mass is 32.2. The monoisotopic (exact) mass is 626 g/mol. The van der Waals surface area contributed by atoms with Crippen LogP contribution in [-0.2, 0) is 45.4 Å². The van der Waals surface area contributed by atoms with Gasteiger partial charge in [0.2, 0.25) is 10.0 Å². The Morgan fingerprint density at radius 1 is 0.930 bits per heavy atom. The average molecular weight is 627 g/mol. The largest absolute Gasteiger partial charge is 0.453 e. The molecular formula is C29H30N4O8S2. The van der Waals surface area contributed by atoms with Crippen molar-refractivity contribution < 1.29 is 37.1 Å². The SMILES string of the molecule is CCOC(=O)N1CCc2c(sc(NC(=O)c3ccc(S(=O)(=O)N4CCc5ccccc5C4)cc3)c2C(=O)NC(=O)OC)C1. The molecule has 3 heterocycles. The van der Waals surface area contributed by atoms with Crippen LogP contribution in [0, 0.1) is 0 Å². The van der Waals surface area contributed by atoms with E-state index >= 15 is 0 Å². The van der Waals surface area contributed by atoms with E-state index in [0.29, 0.717) is 29.8 Å². The zero-order valence-electron chi connectivity index (χ0n) is 23.5. The van der Waals surface area contributed by atoms with E-state index in [-0.39, 0.29) is 47.3 Å². The van der Waals surface area contributed by atoms with Crippen LogP contribution in [0.3, 0.4) is 0 Å². The zero-order valence-corrected chi connectivity index (χ0v) is 25.2. The summed E-state index contributed by atoms with van der Waals surface area (Å²) in [6.07, 6.45) is -0.529. The lowest BCUT2D eigenvalue weighted by Gasteiger charge is -2.28. The van der Waals surface area contributed by atoms with Gasteiger partial charge in [-0.25, -0.2) is 18.0 Å². The van der Waals surface area contributed by atoms with Gasteiger partial charge in [-0.3, -0.25) is 14.9 Å². The number of carbonyl (C=O) groups is 4. The Labute approximate surface area is 252 Å². The lowest BCUT2D eigenvalue weighted by atomic mass is 10.0. The van der Waals surface area contributed by atoms with E-state index in [1.807, 2.05) is 24.3 Å². The van der Waals surface area contributed by atoms with E-state index in [9.17, 15) is 27.6 Å². The number of nitrogens with one attached hydrogen (secondary N) is 2. The summed E-state index contributed by atoms with van der Waals surface area (Å²) >= 11 is 1.11. The second kappa shape index (κ2) is 12.5. The maximum atomic E-state index is 13.3. The van der Waals surface area contributed by atoms with Crippen molar-refractivity contribution in [2.45, 2.75) is 37.8 Å². The third kappa shape index (κ3) is 6.26. The number of thiophene rings is 1. The topological polar surface area (TPSA) is 151 Å². The number of ether oxygens (including phenoxy) is 2. The Hall–Kier alpha value is -4.27. The number of benzene rings is 2. The summed E-state index contributed by atoms with van der Waals surface area (Å²) in [7, 11) is -2.67. The van der Waals surface area contributed by atoms with Gasteiger partial charge >= 0.3 is 12.2 Å². The van der Waals surface area contributed by atoms with Gasteiger partial charge in [-0.2, -0.15) is 4.31 Å². The fourth-order valence-electron chi connectivity index (χ4n) is 5.09. The minimum absolute atomic E-state index is 0.0622. The first-order chi connectivity index (χ1) is 20.6. The Morgan fingerprint density at radius 3 is 2.35 bits per heavy atom. The molecule has 14 heteroatoms. The van der Waals surface area contributed by atoms with Gasteiger partial charge < -0.3 is 19.7 Å². The highest BCUT2D eigenvalue weighted by Crippen LogP contribution is 2.38. The summed E-state index contributed by atoms with van der Waals surface area (Å²) in [5.74, 6) is -1.34. The van der Waals surface area contributed by atoms with E-state index in [1.54, 1.807) is 6.92 Å². The van der Waals surface area contributed by atoms with Crippen LogP contribution < -0.4 is 10.6 Å². The molecule has 0 saturated carbocycles. The van der Waals surface area contributed by atoms with Crippen LogP contribution in [-0.4, -0.2) is 68.4 Å². The molecule has 0 radical (unpaired) electrons. The molecule has 2 aromatic carbocycles. The second-order valence-electron chi connectivity index (χ2n) is 9.86. The molecule has 5 rings (SSSR count). The molecular weight excluding hydrogens is 596 g/mol. The van der Waals surface area contributed by atoms with Crippen molar-refractivity contribution in [1.82, 2.24) is 14.5 Å². The summed E-state index contributed by atoms with van der Waals surface area (Å²) in [6, 6.07) is 13.3. The third-order valence-electron chi connectivity index (χ3n) is 7.29. The predicted molar refractivity (Wildman–Crippen MR) is 157 cm³/mol. The normalized spacial score (nSPS) is 14.7. The minimum atomic E-state index is -3.79. The molecule has 4 amide bonds. The molecule has 0 atom stereocenters. The van der Waals surface area contributed by atoms with Crippen molar-refractivity contribution in [2.24, 2.45) is 0 Å². The fourth-order valence-corrected chi connectivity index (χ4v) is 7.76. The molecule has 0 saturated heterocycles. The van der Waals surface area contributed by atoms with Crippen LogP contribution in [0.2, 0.25) is 0 Å². The molecule has 2 N–H and O–H groups in total. The Morgan fingerprint density at radius 2 is 1.65 bits per heavy atom. The second-order valence-corrected chi connectivity index (χ2v) is 12.9. The highest BCUT2D eigenvalue weighted by molar-refractivity contribution is 7.89. The van der Waals surface area contributed by atoms with Gasteiger partial charge in [0.05, 0.1) is 30.7 Å². The Balaban J connectivity index is 1.36. The first kappa shape index (κ1) is 30.2. The average Bonchev–Trinajstić information content (AvgIpc) is 3.37. The smallest absolute Gasteiger partial charge is 0.413 e. The van der Waals surface area contributed by atoms with E-state index in [4.69, 9.17) is 4.74 Å². The molecule has 0 bridgehead atoms. The first-order valence-corrected chi connectivity index (χ1v) is 15.8. The summed E-state index contributed by atoms with van der Waals surface area (Å²) in [5.41, 5.74) is 2.97. The van der Waals surface area contributed by atoms with Gasteiger partial charge in [-0.1, -0.05) is 24.3 Å². The molecule has 0 fully saturated rings. The van der Waals surface area contributed by atoms with Crippen molar-refractivity contribution >= 4 is 50.4 Å². The van der Waals surface area contributed by atoms with Crippen LogP contribution in [0.15, 0.2) is 53.4 Å². The number of carbonyl (C=O) groups excluding carboxylic acids is 4. The number of hydrogen-bond donors (Lipinski definition) is 2. The van der Waals surface area contributed by atoms with Gasteiger partial charge in [-0.05, 0) is 60.7 Å². The molecule has 43 heavy (non-hydrogen) atoms. The number of anilines is 1. The van der Waals surface area contributed by atoms with Crippen LogP contribution >= 0.6 is 11.3 Å². The van der Waals surface area contributed by atoms with Crippen molar-refractivity contribution in [3.8, 4) is 0 Å². The molecule has 2 aliphatic heterocycles. The van der Waals surface area contributed by atoms with Gasteiger partial charge in [-0.15, -0.1) is 11.3 Å². The Kier molecular flexibility index (Phi) is 8.80. The van der Waals surface area contributed by atoms with E-state index in [2.05, 4.69) is 15.4 Å². The van der Waals surface area contributed by atoms with Crippen molar-refractivity contribution in [3.05, 3.63) is 81.2 Å². The minimum Gasteiger partial charge on any atom is -0.453 e. The third-order valence-corrected chi connectivity index (χ3v) is 10.3.